The molecule has 1 N–H and O–H groups in total. The summed E-state index contributed by atoms with van der Waals surface area (Å²) >= 11 is 5.76. The summed E-state index contributed by atoms with van der Waals surface area (Å²) < 4.78 is 18.7. The van der Waals surface area contributed by atoms with E-state index in [-0.39, 0.29) is 10.7 Å². The zero-order valence-electron chi connectivity index (χ0n) is 10.1. The lowest BCUT2D eigenvalue weighted by atomic mass is 10.2. The molecule has 19 heavy (non-hydrogen) atoms. The number of carbonyl (C=O) groups is 1. The van der Waals surface area contributed by atoms with Crippen LogP contribution in [-0.4, -0.2) is 6.09 Å². The third-order valence-electron chi connectivity index (χ3n) is 2.47. The number of ether oxygens (including phenoxy) is 1. The molecule has 0 aliphatic carbocycles. The maximum atomic E-state index is 13.8. The molecule has 0 aliphatic rings. The lowest BCUT2D eigenvalue weighted by Gasteiger charge is -2.09. The maximum Gasteiger partial charge on any atom is 0.417 e. The van der Waals surface area contributed by atoms with Gasteiger partial charge in [-0.05, 0) is 30.7 Å². The van der Waals surface area contributed by atoms with E-state index >= 15 is 0 Å². The van der Waals surface area contributed by atoms with Crippen LogP contribution in [0, 0.1) is 12.7 Å². The summed E-state index contributed by atoms with van der Waals surface area (Å²) in [5.74, 6) is -0.301. The van der Waals surface area contributed by atoms with Gasteiger partial charge in [0, 0.05) is 0 Å². The highest BCUT2D eigenvalue weighted by Gasteiger charge is 2.12. The van der Waals surface area contributed by atoms with Crippen LogP contribution in [0.15, 0.2) is 42.5 Å². The largest absolute Gasteiger partial charge is 0.417 e. The highest BCUT2D eigenvalue weighted by atomic mass is 35.5. The highest BCUT2D eigenvalue weighted by molar-refractivity contribution is 6.31. The van der Waals surface area contributed by atoms with Gasteiger partial charge in [-0.1, -0.05) is 35.9 Å². The molecule has 0 fully saturated rings. The number of aryl methyl sites for hydroxylation is 1. The van der Waals surface area contributed by atoms with Crippen LogP contribution >= 0.6 is 11.6 Å². The topological polar surface area (TPSA) is 38.3 Å². The van der Waals surface area contributed by atoms with Gasteiger partial charge in [-0.25, -0.2) is 9.18 Å². The zero-order valence-corrected chi connectivity index (χ0v) is 10.9. The number of hydrogen-bond donors (Lipinski definition) is 1. The second-order valence-electron chi connectivity index (χ2n) is 3.89. The van der Waals surface area contributed by atoms with Crippen molar-refractivity contribution in [3.63, 3.8) is 0 Å². The highest BCUT2D eigenvalue weighted by Crippen LogP contribution is 2.26. The fraction of sp³-hybridized carbons (Fsp3) is 0.0714. The molecule has 0 atom stereocenters. The molecule has 0 spiro atoms. The molecule has 0 bridgehead atoms. The van der Waals surface area contributed by atoms with E-state index in [4.69, 9.17) is 16.3 Å². The number of halogens is 2. The first kappa shape index (κ1) is 13.4. The van der Waals surface area contributed by atoms with Crippen molar-refractivity contribution in [2.24, 2.45) is 0 Å². The van der Waals surface area contributed by atoms with Gasteiger partial charge in [0.05, 0.1) is 10.7 Å². The molecular formula is C14H11ClFNO2. The summed E-state index contributed by atoms with van der Waals surface area (Å²) in [5.41, 5.74) is 0.581. The van der Waals surface area contributed by atoms with E-state index in [1.54, 1.807) is 43.3 Å². The molecule has 2 rings (SSSR count). The number of rotatable bonds is 2. The summed E-state index contributed by atoms with van der Waals surface area (Å²) in [5, 5.41) is 2.29. The molecule has 98 valence electrons. The minimum atomic E-state index is -0.773. The average Bonchev–Trinajstić information content (AvgIpc) is 2.41. The fourth-order valence-electron chi connectivity index (χ4n) is 1.47. The van der Waals surface area contributed by atoms with Crippen molar-refractivity contribution >= 4 is 23.4 Å². The number of hydrogen-bond acceptors (Lipinski definition) is 2. The van der Waals surface area contributed by atoms with Crippen molar-refractivity contribution in [1.29, 1.82) is 0 Å². The molecule has 0 aromatic heterocycles. The zero-order chi connectivity index (χ0) is 13.8. The summed E-state index contributed by atoms with van der Waals surface area (Å²) in [7, 11) is 0. The predicted molar refractivity (Wildman–Crippen MR) is 72.2 cm³/mol. The molecule has 0 radical (unpaired) electrons. The van der Waals surface area contributed by atoms with E-state index in [0.717, 1.165) is 0 Å². The molecule has 1 amide bonds. The lowest BCUT2D eigenvalue weighted by molar-refractivity contribution is 0.215. The molecule has 0 unspecified atom stereocenters. The normalized spacial score (nSPS) is 10.1. The molecule has 0 saturated carbocycles. The monoisotopic (exact) mass is 279 g/mol. The van der Waals surface area contributed by atoms with Crippen molar-refractivity contribution in [3.8, 4) is 5.75 Å². The van der Waals surface area contributed by atoms with E-state index in [0.29, 0.717) is 11.3 Å². The van der Waals surface area contributed by atoms with Crippen LogP contribution in [-0.2, 0) is 0 Å². The van der Waals surface area contributed by atoms with Gasteiger partial charge in [-0.15, -0.1) is 0 Å². The van der Waals surface area contributed by atoms with Crippen LogP contribution in [0.25, 0.3) is 0 Å². The number of para-hydroxylation sites is 1. The van der Waals surface area contributed by atoms with E-state index < -0.39 is 11.9 Å². The quantitative estimate of drug-likeness (QED) is 0.885. The lowest BCUT2D eigenvalue weighted by Crippen LogP contribution is -2.17. The van der Waals surface area contributed by atoms with Gasteiger partial charge in [-0.3, -0.25) is 5.32 Å². The Morgan fingerprint density at radius 3 is 2.58 bits per heavy atom. The minimum Gasteiger partial charge on any atom is -0.410 e. The Morgan fingerprint density at radius 2 is 1.89 bits per heavy atom. The Hall–Kier alpha value is -2.07. The van der Waals surface area contributed by atoms with Gasteiger partial charge < -0.3 is 4.74 Å². The number of anilines is 1. The molecule has 0 heterocycles. The molecule has 0 aliphatic heterocycles. The summed E-state index contributed by atoms with van der Waals surface area (Å²) in [4.78, 5) is 11.6. The third kappa shape index (κ3) is 3.23. The maximum absolute atomic E-state index is 13.8. The minimum absolute atomic E-state index is 0.0162. The van der Waals surface area contributed by atoms with Crippen LogP contribution in [0.2, 0.25) is 5.02 Å². The Balaban J connectivity index is 2.10. The first-order chi connectivity index (χ1) is 9.08. The molecule has 2 aromatic carbocycles. The van der Waals surface area contributed by atoms with Gasteiger partial charge >= 0.3 is 6.09 Å². The van der Waals surface area contributed by atoms with E-state index in [1.165, 1.54) is 6.07 Å². The Morgan fingerprint density at radius 1 is 1.21 bits per heavy atom. The standard InChI is InChI=1S/C14H11ClFNO2/c1-9-7-8-11(13(16)12(9)15)17-14(18)19-10-5-3-2-4-6-10/h2-8H,1H3,(H,17,18). The third-order valence-corrected chi connectivity index (χ3v) is 2.93. The number of benzene rings is 2. The summed E-state index contributed by atoms with van der Waals surface area (Å²) in [6, 6.07) is 11.5. The first-order valence-corrected chi connectivity index (χ1v) is 5.94. The average molecular weight is 280 g/mol. The van der Waals surface area contributed by atoms with E-state index in [1.807, 2.05) is 0 Å². The van der Waals surface area contributed by atoms with Crippen molar-refractivity contribution < 1.29 is 13.9 Å². The Kier molecular flexibility index (Phi) is 4.02. The summed E-state index contributed by atoms with van der Waals surface area (Å²) in [6.45, 7) is 1.68. The predicted octanol–water partition coefficient (Wildman–Crippen LogP) is 4.40. The van der Waals surface area contributed by atoms with Crippen LogP contribution < -0.4 is 10.1 Å². The van der Waals surface area contributed by atoms with Gasteiger partial charge in [0.15, 0.2) is 5.82 Å². The fourth-order valence-corrected chi connectivity index (χ4v) is 1.64. The van der Waals surface area contributed by atoms with E-state index in [2.05, 4.69) is 5.32 Å². The van der Waals surface area contributed by atoms with Gasteiger partial charge in [0.25, 0.3) is 0 Å². The van der Waals surface area contributed by atoms with E-state index in [9.17, 15) is 9.18 Å². The summed E-state index contributed by atoms with van der Waals surface area (Å²) in [6.07, 6.45) is -0.773. The van der Waals surface area contributed by atoms with Crippen LogP contribution in [0.4, 0.5) is 14.9 Å². The molecular weight excluding hydrogens is 269 g/mol. The number of nitrogens with one attached hydrogen (secondary N) is 1. The van der Waals surface area contributed by atoms with Crippen molar-refractivity contribution in [3.05, 3.63) is 58.9 Å². The van der Waals surface area contributed by atoms with Gasteiger partial charge in [0.2, 0.25) is 0 Å². The van der Waals surface area contributed by atoms with Crippen molar-refractivity contribution in [2.45, 2.75) is 6.92 Å². The smallest absolute Gasteiger partial charge is 0.410 e. The Bertz CT molecular complexity index is 602. The Labute approximate surface area is 115 Å². The second-order valence-corrected chi connectivity index (χ2v) is 4.26. The molecule has 0 saturated heterocycles. The van der Waals surface area contributed by atoms with Gasteiger partial charge in [0.1, 0.15) is 5.75 Å². The number of amides is 1. The molecule has 3 nitrogen and oxygen atoms in total. The van der Waals surface area contributed by atoms with Crippen LogP contribution in [0.1, 0.15) is 5.56 Å². The first-order valence-electron chi connectivity index (χ1n) is 5.56. The van der Waals surface area contributed by atoms with Crippen molar-refractivity contribution in [2.75, 3.05) is 5.32 Å². The SMILES string of the molecule is Cc1ccc(NC(=O)Oc2ccccc2)c(F)c1Cl. The molecule has 2 aromatic rings. The second kappa shape index (κ2) is 5.71. The van der Waals surface area contributed by atoms with Crippen LogP contribution in [0.3, 0.4) is 0 Å². The van der Waals surface area contributed by atoms with Crippen LogP contribution in [0.5, 0.6) is 5.75 Å². The van der Waals surface area contributed by atoms with Crippen molar-refractivity contribution in [1.82, 2.24) is 0 Å². The molecule has 5 heteroatoms. The number of carbonyl (C=O) groups excluding carboxylic acids is 1. The van der Waals surface area contributed by atoms with Gasteiger partial charge in [-0.2, -0.15) is 0 Å².